The number of allylic oxidation sites excluding steroid dienone is 8. The fourth-order valence-electron chi connectivity index (χ4n) is 9.84. The standard InChI is InChI=1S/C70H129NO8/c1-6-8-10-12-14-16-18-20-22-24-26-28-29-30-31-32-33-34-35-36-37-38-39-41-43-45-47-49-51-53-55-57-59-61-68(73)79-66(65-78-70(69(74)75)76-63-62-71(3,4)5)64-77-67(72)60-58-56-54-52-50-48-46-44-42-40-27-25-23-21-19-17-15-13-11-9-7-2/h18-21,24-27,66,70H,6-17,22-23,28-65H2,1-5H3/p+1/b20-18-,21-19-,26-24-,27-25-. The topological polar surface area (TPSA) is 108 Å². The van der Waals surface area contributed by atoms with Crippen molar-refractivity contribution < 1.29 is 42.9 Å². The Hall–Kier alpha value is -2.75. The third-order valence-corrected chi connectivity index (χ3v) is 15.1. The summed E-state index contributed by atoms with van der Waals surface area (Å²) in [6.45, 7) is 4.90. The molecule has 462 valence electrons. The fourth-order valence-corrected chi connectivity index (χ4v) is 9.84. The third kappa shape index (κ3) is 62.7. The molecule has 9 nitrogen and oxygen atoms in total. The predicted octanol–water partition coefficient (Wildman–Crippen LogP) is 20.6. The molecule has 79 heavy (non-hydrogen) atoms. The van der Waals surface area contributed by atoms with Gasteiger partial charge in [0.2, 0.25) is 0 Å². The minimum absolute atomic E-state index is 0.181. The van der Waals surface area contributed by atoms with Crippen LogP contribution in [0, 0.1) is 0 Å². The second-order valence-corrected chi connectivity index (χ2v) is 24.1. The molecule has 0 aliphatic carbocycles. The molecule has 1 N–H and O–H groups in total. The van der Waals surface area contributed by atoms with Gasteiger partial charge in [0.1, 0.15) is 13.2 Å². The summed E-state index contributed by atoms with van der Waals surface area (Å²) in [6, 6.07) is 0. The average Bonchev–Trinajstić information content (AvgIpc) is 3.42. The molecule has 0 aromatic carbocycles. The van der Waals surface area contributed by atoms with Crippen molar-refractivity contribution >= 4 is 17.9 Å². The van der Waals surface area contributed by atoms with Crippen LogP contribution in [0.5, 0.6) is 0 Å². The molecule has 0 fully saturated rings. The van der Waals surface area contributed by atoms with Gasteiger partial charge >= 0.3 is 17.9 Å². The molecule has 0 saturated heterocycles. The van der Waals surface area contributed by atoms with E-state index in [-0.39, 0.29) is 38.2 Å². The van der Waals surface area contributed by atoms with Crippen molar-refractivity contribution in [3.05, 3.63) is 48.6 Å². The number of carbonyl (C=O) groups excluding carboxylic acids is 2. The van der Waals surface area contributed by atoms with Gasteiger partial charge in [0.25, 0.3) is 6.29 Å². The first kappa shape index (κ1) is 76.2. The number of carboxylic acid groups (broad SMARTS) is 1. The van der Waals surface area contributed by atoms with Gasteiger partial charge in [-0.15, -0.1) is 0 Å². The number of carboxylic acids is 1. The maximum atomic E-state index is 12.9. The Kier molecular flexibility index (Phi) is 59.2. The summed E-state index contributed by atoms with van der Waals surface area (Å²) in [5.41, 5.74) is 0. The summed E-state index contributed by atoms with van der Waals surface area (Å²) in [5.74, 6) is -1.99. The highest BCUT2D eigenvalue weighted by Crippen LogP contribution is 2.18. The molecule has 0 rings (SSSR count). The van der Waals surface area contributed by atoms with Gasteiger partial charge in [0.15, 0.2) is 6.10 Å². The van der Waals surface area contributed by atoms with Gasteiger partial charge in [0.05, 0.1) is 34.4 Å². The van der Waals surface area contributed by atoms with Gasteiger partial charge in [-0.3, -0.25) is 9.59 Å². The van der Waals surface area contributed by atoms with Crippen LogP contribution in [-0.4, -0.2) is 87.4 Å². The highest BCUT2D eigenvalue weighted by atomic mass is 16.7. The minimum atomic E-state index is -1.51. The molecule has 0 radical (unpaired) electrons. The molecule has 0 saturated carbocycles. The van der Waals surface area contributed by atoms with Crippen LogP contribution < -0.4 is 0 Å². The Morgan fingerprint density at radius 3 is 1.00 bits per heavy atom. The van der Waals surface area contributed by atoms with E-state index in [4.69, 9.17) is 18.9 Å². The number of quaternary nitrogens is 1. The van der Waals surface area contributed by atoms with Crippen LogP contribution in [0.3, 0.4) is 0 Å². The lowest BCUT2D eigenvalue weighted by Crippen LogP contribution is -2.40. The van der Waals surface area contributed by atoms with E-state index in [1.807, 2.05) is 21.1 Å². The van der Waals surface area contributed by atoms with Gasteiger partial charge < -0.3 is 28.5 Å². The van der Waals surface area contributed by atoms with Gasteiger partial charge in [-0.1, -0.05) is 281 Å². The second kappa shape index (κ2) is 61.3. The lowest BCUT2D eigenvalue weighted by atomic mass is 10.0. The third-order valence-electron chi connectivity index (χ3n) is 15.1. The van der Waals surface area contributed by atoms with Crippen molar-refractivity contribution in [3.8, 4) is 0 Å². The molecular weight excluding hydrogens is 983 g/mol. The first-order valence-corrected chi connectivity index (χ1v) is 33.8. The lowest BCUT2D eigenvalue weighted by Gasteiger charge is -2.25. The van der Waals surface area contributed by atoms with Crippen LogP contribution in [0.15, 0.2) is 48.6 Å². The number of hydrogen-bond donors (Lipinski definition) is 1. The normalized spacial score (nSPS) is 13.0. The van der Waals surface area contributed by atoms with Gasteiger partial charge in [0, 0.05) is 12.8 Å². The number of hydrogen-bond acceptors (Lipinski definition) is 7. The molecule has 0 aliphatic rings. The smallest absolute Gasteiger partial charge is 0.361 e. The van der Waals surface area contributed by atoms with Gasteiger partial charge in [-0.2, -0.15) is 0 Å². The molecule has 2 unspecified atom stereocenters. The van der Waals surface area contributed by atoms with E-state index in [1.165, 1.54) is 244 Å². The summed E-state index contributed by atoms with van der Waals surface area (Å²) in [7, 11) is 5.98. The lowest BCUT2D eigenvalue weighted by molar-refractivity contribution is -0.870. The molecule has 2 atom stereocenters. The SMILES string of the molecule is CCCCCCC/C=C\C/C=C\CCCCCCCCCCCCCCCCCCCCCCCC(=O)OC(COC(=O)CCCCCCCCCCC/C=C\C/C=C\CCCCCCC)COC(OCC[N+](C)(C)C)C(=O)O. The predicted molar refractivity (Wildman–Crippen MR) is 337 cm³/mol. The molecule has 0 aromatic rings. The van der Waals surface area contributed by atoms with E-state index >= 15 is 0 Å². The molecule has 0 spiro atoms. The summed E-state index contributed by atoms with van der Waals surface area (Å²) >= 11 is 0. The van der Waals surface area contributed by atoms with Crippen LogP contribution >= 0.6 is 0 Å². The number of rotatable bonds is 63. The van der Waals surface area contributed by atoms with Crippen molar-refractivity contribution in [1.82, 2.24) is 0 Å². The molecular formula is C70H130NO8+. The van der Waals surface area contributed by atoms with Crippen LogP contribution in [0.2, 0.25) is 0 Å². The van der Waals surface area contributed by atoms with Gasteiger partial charge in [-0.25, -0.2) is 4.79 Å². The van der Waals surface area contributed by atoms with Crippen molar-refractivity contribution in [1.29, 1.82) is 0 Å². The highest BCUT2D eigenvalue weighted by molar-refractivity contribution is 5.71. The van der Waals surface area contributed by atoms with Crippen molar-refractivity contribution in [2.75, 3.05) is 47.5 Å². The first-order chi connectivity index (χ1) is 38.6. The number of unbranched alkanes of at least 4 members (excludes halogenated alkanes) is 40. The summed E-state index contributed by atoms with van der Waals surface area (Å²) in [4.78, 5) is 37.6. The summed E-state index contributed by atoms with van der Waals surface area (Å²) < 4.78 is 23.0. The Balaban J connectivity index is 4.08. The Morgan fingerprint density at radius 1 is 0.380 bits per heavy atom. The van der Waals surface area contributed by atoms with E-state index in [1.54, 1.807) is 0 Å². The zero-order valence-corrected chi connectivity index (χ0v) is 52.8. The molecule has 0 bridgehead atoms. The number of carbonyl (C=O) groups is 3. The Labute approximate surface area is 489 Å². The molecule has 0 aliphatic heterocycles. The monoisotopic (exact) mass is 1110 g/mol. The molecule has 0 amide bonds. The van der Waals surface area contributed by atoms with E-state index < -0.39 is 18.4 Å². The van der Waals surface area contributed by atoms with Crippen molar-refractivity contribution in [2.24, 2.45) is 0 Å². The number of esters is 2. The van der Waals surface area contributed by atoms with E-state index in [2.05, 4.69) is 62.5 Å². The number of likely N-dealkylation sites (N-methyl/N-ethyl adjacent to an activating group) is 1. The second-order valence-electron chi connectivity index (χ2n) is 24.1. The van der Waals surface area contributed by atoms with E-state index in [0.717, 1.165) is 51.4 Å². The maximum Gasteiger partial charge on any atom is 0.361 e. The Morgan fingerprint density at radius 2 is 0.684 bits per heavy atom. The number of nitrogens with zero attached hydrogens (tertiary/aromatic N) is 1. The van der Waals surface area contributed by atoms with Gasteiger partial charge in [-0.05, 0) is 77.0 Å². The first-order valence-electron chi connectivity index (χ1n) is 33.8. The summed E-state index contributed by atoms with van der Waals surface area (Å²) in [5, 5.41) is 9.73. The molecule has 0 heterocycles. The highest BCUT2D eigenvalue weighted by Gasteiger charge is 2.25. The quantitative estimate of drug-likeness (QED) is 0.0211. The van der Waals surface area contributed by atoms with Crippen LogP contribution in [0.1, 0.15) is 322 Å². The largest absolute Gasteiger partial charge is 0.477 e. The average molecular weight is 1110 g/mol. The van der Waals surface area contributed by atoms with E-state index in [0.29, 0.717) is 17.4 Å². The van der Waals surface area contributed by atoms with Crippen molar-refractivity contribution in [3.63, 3.8) is 0 Å². The number of ether oxygens (including phenoxy) is 4. The summed E-state index contributed by atoms with van der Waals surface area (Å²) in [6.07, 6.45) is 75.0. The molecule has 0 aromatic heterocycles. The maximum absolute atomic E-state index is 12.9. The Bertz CT molecular complexity index is 1430. The van der Waals surface area contributed by atoms with Crippen LogP contribution in [0.25, 0.3) is 0 Å². The molecule has 9 heteroatoms. The van der Waals surface area contributed by atoms with Crippen LogP contribution in [-0.2, 0) is 33.3 Å². The fraction of sp³-hybridized carbons (Fsp3) is 0.843. The van der Waals surface area contributed by atoms with E-state index in [9.17, 15) is 19.5 Å². The van der Waals surface area contributed by atoms with Crippen molar-refractivity contribution in [2.45, 2.75) is 334 Å². The minimum Gasteiger partial charge on any atom is -0.477 e. The number of aliphatic carboxylic acids is 1. The zero-order chi connectivity index (χ0) is 57.6. The zero-order valence-electron chi connectivity index (χ0n) is 52.8. The van der Waals surface area contributed by atoms with Crippen LogP contribution in [0.4, 0.5) is 0 Å².